The maximum absolute atomic E-state index is 12.2. The Bertz CT molecular complexity index is 493. The summed E-state index contributed by atoms with van der Waals surface area (Å²) in [6.07, 6.45) is 0.503. The van der Waals surface area contributed by atoms with Crippen LogP contribution < -0.4 is 15.4 Å². The van der Waals surface area contributed by atoms with Crippen LogP contribution in [-0.2, 0) is 16.1 Å². The van der Waals surface area contributed by atoms with Crippen LogP contribution in [0.2, 0.25) is 0 Å². The third kappa shape index (κ3) is 4.71. The summed E-state index contributed by atoms with van der Waals surface area (Å²) in [5, 5.41) is 6.43. The molecule has 0 radical (unpaired) electrons. The first-order chi connectivity index (χ1) is 10.6. The highest BCUT2D eigenvalue weighted by molar-refractivity contribution is 5.80. The summed E-state index contributed by atoms with van der Waals surface area (Å²) >= 11 is 0. The first-order valence-electron chi connectivity index (χ1n) is 7.85. The lowest BCUT2D eigenvalue weighted by Crippen LogP contribution is -2.50. The summed E-state index contributed by atoms with van der Waals surface area (Å²) in [6.45, 7) is 6.24. The molecule has 0 aromatic heterocycles. The van der Waals surface area contributed by atoms with Gasteiger partial charge in [-0.15, -0.1) is 0 Å². The Morgan fingerprint density at radius 2 is 2.32 bits per heavy atom. The van der Waals surface area contributed by atoms with Crippen molar-refractivity contribution in [1.29, 1.82) is 0 Å². The normalized spacial score (nSPS) is 22.9. The zero-order valence-corrected chi connectivity index (χ0v) is 13.6. The van der Waals surface area contributed by atoms with Crippen molar-refractivity contribution in [3.05, 3.63) is 29.8 Å². The number of hydrogen-bond acceptors (Lipinski definition) is 4. The molecule has 5 heteroatoms. The lowest BCUT2D eigenvalue weighted by Gasteiger charge is -2.31. The van der Waals surface area contributed by atoms with E-state index in [1.54, 1.807) is 14.0 Å². The number of hydrogen-bond donors (Lipinski definition) is 2. The molecular weight excluding hydrogens is 280 g/mol. The average Bonchev–Trinajstić information content (AvgIpc) is 2.54. The van der Waals surface area contributed by atoms with Gasteiger partial charge in [0.1, 0.15) is 11.9 Å². The topological polar surface area (TPSA) is 59.6 Å². The maximum Gasteiger partial charge on any atom is 0.249 e. The molecule has 0 aliphatic carbocycles. The van der Waals surface area contributed by atoms with Gasteiger partial charge in [0, 0.05) is 6.04 Å². The van der Waals surface area contributed by atoms with Gasteiger partial charge < -0.3 is 20.1 Å². The molecule has 0 bridgehead atoms. The number of carbonyl (C=O) groups is 1. The Morgan fingerprint density at radius 3 is 3.05 bits per heavy atom. The van der Waals surface area contributed by atoms with E-state index in [-0.39, 0.29) is 11.9 Å². The highest BCUT2D eigenvalue weighted by Crippen LogP contribution is 2.14. The Morgan fingerprint density at radius 1 is 1.50 bits per heavy atom. The second kappa shape index (κ2) is 8.15. The smallest absolute Gasteiger partial charge is 0.249 e. The van der Waals surface area contributed by atoms with Gasteiger partial charge in [-0.05, 0) is 50.0 Å². The molecule has 2 rings (SSSR count). The van der Waals surface area contributed by atoms with Crippen LogP contribution in [0, 0.1) is 5.92 Å². The third-order valence-corrected chi connectivity index (χ3v) is 4.12. The summed E-state index contributed by atoms with van der Waals surface area (Å²) in [4.78, 5) is 12.2. The van der Waals surface area contributed by atoms with Crippen LogP contribution in [0.25, 0.3) is 0 Å². The lowest BCUT2D eigenvalue weighted by molar-refractivity contribution is -0.133. The van der Waals surface area contributed by atoms with Gasteiger partial charge in [-0.25, -0.2) is 0 Å². The zero-order valence-electron chi connectivity index (χ0n) is 13.6. The van der Waals surface area contributed by atoms with E-state index in [0.717, 1.165) is 30.8 Å². The Balaban J connectivity index is 1.80. The van der Waals surface area contributed by atoms with Crippen molar-refractivity contribution in [3.8, 4) is 5.75 Å². The highest BCUT2D eigenvalue weighted by atomic mass is 16.5. The minimum atomic E-state index is -0.465. The first kappa shape index (κ1) is 16.8. The molecule has 1 saturated heterocycles. The predicted octanol–water partition coefficient (Wildman–Crippen LogP) is 1.71. The molecule has 122 valence electrons. The Labute approximate surface area is 132 Å². The minimum absolute atomic E-state index is 0.0401. The summed E-state index contributed by atoms with van der Waals surface area (Å²) in [5.74, 6) is 1.20. The van der Waals surface area contributed by atoms with Crippen LogP contribution in [0.15, 0.2) is 24.3 Å². The van der Waals surface area contributed by atoms with Gasteiger partial charge >= 0.3 is 0 Å². The summed E-state index contributed by atoms with van der Waals surface area (Å²) in [6, 6.07) is 7.91. The third-order valence-electron chi connectivity index (χ3n) is 4.12. The molecular formula is C17H26N2O3. The molecule has 0 spiro atoms. The van der Waals surface area contributed by atoms with E-state index in [0.29, 0.717) is 12.5 Å². The van der Waals surface area contributed by atoms with Crippen molar-refractivity contribution < 1.29 is 14.3 Å². The molecule has 0 saturated carbocycles. The minimum Gasteiger partial charge on any atom is -0.497 e. The quantitative estimate of drug-likeness (QED) is 0.840. The van der Waals surface area contributed by atoms with E-state index in [4.69, 9.17) is 9.47 Å². The Hall–Kier alpha value is -1.59. The maximum atomic E-state index is 12.2. The van der Waals surface area contributed by atoms with Crippen molar-refractivity contribution >= 4 is 5.91 Å². The van der Waals surface area contributed by atoms with Crippen LogP contribution in [0.3, 0.4) is 0 Å². The molecule has 22 heavy (non-hydrogen) atoms. The van der Waals surface area contributed by atoms with E-state index in [1.165, 1.54) is 0 Å². The fraction of sp³-hybridized carbons (Fsp3) is 0.588. The molecule has 1 aliphatic heterocycles. The monoisotopic (exact) mass is 306 g/mol. The van der Waals surface area contributed by atoms with Gasteiger partial charge in [0.2, 0.25) is 5.91 Å². The largest absolute Gasteiger partial charge is 0.497 e. The molecule has 1 amide bonds. The molecule has 5 nitrogen and oxygen atoms in total. The molecule has 3 unspecified atom stereocenters. The standard InChI is InChI=1S/C17H26N2O3/c1-12-10-18-8-7-16(12)19-17(20)13(2)22-11-14-5-4-6-15(9-14)21-3/h4-6,9,12-13,16,18H,7-8,10-11H2,1-3H3,(H,19,20). The number of methoxy groups -OCH3 is 1. The molecule has 1 aromatic carbocycles. The van der Waals surface area contributed by atoms with Crippen LogP contribution in [0.5, 0.6) is 5.75 Å². The number of piperidine rings is 1. The van der Waals surface area contributed by atoms with Crippen molar-refractivity contribution in [2.24, 2.45) is 5.92 Å². The van der Waals surface area contributed by atoms with Gasteiger partial charge in [0.15, 0.2) is 0 Å². The van der Waals surface area contributed by atoms with E-state index in [2.05, 4.69) is 17.6 Å². The van der Waals surface area contributed by atoms with Gasteiger partial charge in [-0.2, -0.15) is 0 Å². The van der Waals surface area contributed by atoms with Gasteiger partial charge in [0.05, 0.1) is 13.7 Å². The molecule has 1 aliphatic rings. The van der Waals surface area contributed by atoms with E-state index in [1.807, 2.05) is 24.3 Å². The predicted molar refractivity (Wildman–Crippen MR) is 85.8 cm³/mol. The number of amides is 1. The molecule has 1 fully saturated rings. The fourth-order valence-corrected chi connectivity index (χ4v) is 2.59. The number of rotatable bonds is 6. The second-order valence-corrected chi connectivity index (χ2v) is 5.89. The van der Waals surface area contributed by atoms with Crippen LogP contribution in [-0.4, -0.2) is 38.3 Å². The van der Waals surface area contributed by atoms with Crippen molar-refractivity contribution in [2.75, 3.05) is 20.2 Å². The first-order valence-corrected chi connectivity index (χ1v) is 7.85. The number of benzene rings is 1. The molecule has 3 atom stereocenters. The van der Waals surface area contributed by atoms with Gasteiger partial charge in [-0.1, -0.05) is 19.1 Å². The Kier molecular flexibility index (Phi) is 6.21. The molecule has 1 aromatic rings. The highest BCUT2D eigenvalue weighted by Gasteiger charge is 2.24. The van der Waals surface area contributed by atoms with E-state index >= 15 is 0 Å². The SMILES string of the molecule is COc1cccc(COC(C)C(=O)NC2CCNCC2C)c1. The summed E-state index contributed by atoms with van der Waals surface area (Å²) < 4.78 is 10.9. The average molecular weight is 306 g/mol. The molecule has 2 N–H and O–H groups in total. The second-order valence-electron chi connectivity index (χ2n) is 5.89. The van der Waals surface area contributed by atoms with Crippen molar-refractivity contribution in [3.63, 3.8) is 0 Å². The van der Waals surface area contributed by atoms with E-state index < -0.39 is 6.10 Å². The number of nitrogens with one attached hydrogen (secondary N) is 2. The van der Waals surface area contributed by atoms with Crippen molar-refractivity contribution in [1.82, 2.24) is 10.6 Å². The lowest BCUT2D eigenvalue weighted by atomic mass is 9.95. The summed E-state index contributed by atoms with van der Waals surface area (Å²) in [5.41, 5.74) is 0.995. The fourth-order valence-electron chi connectivity index (χ4n) is 2.59. The van der Waals surface area contributed by atoms with Gasteiger partial charge in [0.25, 0.3) is 0 Å². The van der Waals surface area contributed by atoms with E-state index in [9.17, 15) is 4.79 Å². The summed E-state index contributed by atoms with van der Waals surface area (Å²) in [7, 11) is 1.64. The van der Waals surface area contributed by atoms with Gasteiger partial charge in [-0.3, -0.25) is 4.79 Å². The van der Waals surface area contributed by atoms with Crippen LogP contribution >= 0.6 is 0 Å². The van der Waals surface area contributed by atoms with Crippen LogP contribution in [0.4, 0.5) is 0 Å². The van der Waals surface area contributed by atoms with Crippen LogP contribution in [0.1, 0.15) is 25.8 Å². The zero-order chi connectivity index (χ0) is 15.9. The number of ether oxygens (including phenoxy) is 2. The molecule has 1 heterocycles. The van der Waals surface area contributed by atoms with Crippen molar-refractivity contribution in [2.45, 2.75) is 39.0 Å². The number of carbonyl (C=O) groups excluding carboxylic acids is 1.